The second-order valence-electron chi connectivity index (χ2n) is 7.36. The number of hydrogen-bond donors (Lipinski definition) is 0. The third-order valence-corrected chi connectivity index (χ3v) is 9.18. The molecule has 0 radical (unpaired) electrons. The molecule has 0 atom stereocenters. The van der Waals surface area contributed by atoms with Crippen LogP contribution in [0.5, 0.6) is 0 Å². The molecule has 0 fully saturated rings. The molecule has 1 nitrogen and oxygen atoms in total. The van der Waals surface area contributed by atoms with Gasteiger partial charge in [-0.1, -0.05) is 72.7 Å². The van der Waals surface area contributed by atoms with Crippen molar-refractivity contribution in [2.45, 2.75) is 71.4 Å². The molecule has 108 valence electrons. The zero-order valence-electron chi connectivity index (χ0n) is 13.6. The molecule has 0 aromatic heterocycles. The van der Waals surface area contributed by atoms with E-state index in [9.17, 15) is 4.57 Å². The Morgan fingerprint density at radius 2 is 1.32 bits per heavy atom. The molecule has 0 bridgehead atoms. The molecular formula is C17H29OP. The molecule has 0 aliphatic carbocycles. The minimum atomic E-state index is -2.35. The first-order chi connectivity index (χ1) is 8.53. The van der Waals surface area contributed by atoms with Crippen LogP contribution < -0.4 is 0 Å². The van der Waals surface area contributed by atoms with Gasteiger partial charge in [-0.15, -0.1) is 0 Å². The molecule has 0 saturated heterocycles. The van der Waals surface area contributed by atoms with Crippen LogP contribution in [0.2, 0.25) is 0 Å². The highest BCUT2D eigenvalue weighted by Gasteiger charge is 2.45. The maximum Gasteiger partial charge on any atom is 0.102 e. The van der Waals surface area contributed by atoms with E-state index in [0.717, 1.165) is 6.42 Å². The highest BCUT2D eigenvalue weighted by molar-refractivity contribution is 7.66. The first-order valence-electron chi connectivity index (χ1n) is 7.19. The van der Waals surface area contributed by atoms with Gasteiger partial charge in [0, 0.05) is 16.5 Å². The van der Waals surface area contributed by atoms with Crippen LogP contribution in [-0.2, 0) is 17.1 Å². The smallest absolute Gasteiger partial charge is 0.102 e. The van der Waals surface area contributed by atoms with Gasteiger partial charge < -0.3 is 4.57 Å². The second kappa shape index (κ2) is 5.44. The zero-order chi connectivity index (χ0) is 14.9. The van der Waals surface area contributed by atoms with Crippen molar-refractivity contribution in [1.29, 1.82) is 0 Å². The normalized spacial score (nSPS) is 13.6. The monoisotopic (exact) mass is 280 g/mol. The van der Waals surface area contributed by atoms with Gasteiger partial charge in [-0.2, -0.15) is 0 Å². The molecule has 1 aromatic carbocycles. The molecule has 0 N–H and O–H groups in total. The number of benzene rings is 1. The quantitative estimate of drug-likeness (QED) is 0.648. The summed E-state index contributed by atoms with van der Waals surface area (Å²) in [6.07, 6.45) is 1.72. The van der Waals surface area contributed by atoms with Crippen molar-refractivity contribution in [3.8, 4) is 0 Å². The third-order valence-electron chi connectivity index (χ3n) is 4.06. The molecule has 0 unspecified atom stereocenters. The minimum Gasteiger partial charge on any atom is -0.322 e. The van der Waals surface area contributed by atoms with Gasteiger partial charge in [0.2, 0.25) is 0 Å². The van der Waals surface area contributed by atoms with Crippen molar-refractivity contribution in [3.05, 3.63) is 35.4 Å². The van der Waals surface area contributed by atoms with E-state index in [1.54, 1.807) is 0 Å². The largest absolute Gasteiger partial charge is 0.322 e. The average molecular weight is 280 g/mol. The van der Waals surface area contributed by atoms with Crippen molar-refractivity contribution < 1.29 is 4.57 Å². The summed E-state index contributed by atoms with van der Waals surface area (Å²) < 4.78 is 13.7. The van der Waals surface area contributed by atoms with E-state index in [1.807, 2.05) is 0 Å². The Bertz CT molecular complexity index is 457. The van der Waals surface area contributed by atoms with E-state index in [0.29, 0.717) is 6.16 Å². The summed E-state index contributed by atoms with van der Waals surface area (Å²) in [6, 6.07) is 8.43. The summed E-state index contributed by atoms with van der Waals surface area (Å²) in [7, 11) is -2.35. The molecule has 0 amide bonds. The van der Waals surface area contributed by atoms with Crippen molar-refractivity contribution in [2.75, 3.05) is 0 Å². The molecule has 0 aliphatic rings. The average Bonchev–Trinajstić information content (AvgIpc) is 2.26. The van der Waals surface area contributed by atoms with Crippen LogP contribution in [0.25, 0.3) is 0 Å². The topological polar surface area (TPSA) is 17.1 Å². The van der Waals surface area contributed by atoms with Crippen LogP contribution in [0.15, 0.2) is 24.3 Å². The summed E-state index contributed by atoms with van der Waals surface area (Å²) in [4.78, 5) is 0. The van der Waals surface area contributed by atoms with Gasteiger partial charge in [0.15, 0.2) is 0 Å². The highest BCUT2D eigenvalue weighted by atomic mass is 31.2. The van der Waals surface area contributed by atoms with Gasteiger partial charge in [0.1, 0.15) is 7.14 Å². The van der Waals surface area contributed by atoms with Gasteiger partial charge in [0.05, 0.1) is 0 Å². The van der Waals surface area contributed by atoms with E-state index < -0.39 is 7.14 Å². The Morgan fingerprint density at radius 1 is 0.895 bits per heavy atom. The van der Waals surface area contributed by atoms with Crippen LogP contribution in [-0.4, -0.2) is 10.3 Å². The highest BCUT2D eigenvalue weighted by Crippen LogP contribution is 2.68. The second-order valence-corrected chi connectivity index (χ2v) is 11.8. The van der Waals surface area contributed by atoms with Crippen LogP contribution >= 0.6 is 7.14 Å². The van der Waals surface area contributed by atoms with E-state index in [1.165, 1.54) is 11.1 Å². The Morgan fingerprint density at radius 3 is 1.68 bits per heavy atom. The lowest BCUT2D eigenvalue weighted by molar-refractivity contribution is 0.516. The summed E-state index contributed by atoms with van der Waals surface area (Å²) >= 11 is 0. The minimum absolute atomic E-state index is 0.161. The molecule has 0 spiro atoms. The van der Waals surface area contributed by atoms with Crippen molar-refractivity contribution in [1.82, 2.24) is 0 Å². The van der Waals surface area contributed by atoms with E-state index in [-0.39, 0.29) is 10.3 Å². The van der Waals surface area contributed by atoms with E-state index in [2.05, 4.69) is 72.7 Å². The van der Waals surface area contributed by atoms with Gasteiger partial charge in [-0.25, -0.2) is 0 Å². The van der Waals surface area contributed by atoms with Crippen molar-refractivity contribution in [2.24, 2.45) is 0 Å². The lowest BCUT2D eigenvalue weighted by Gasteiger charge is -2.41. The summed E-state index contributed by atoms with van der Waals surface area (Å²) in [5.41, 5.74) is 2.59. The molecule has 0 aliphatic heterocycles. The van der Waals surface area contributed by atoms with Gasteiger partial charge in [0.25, 0.3) is 0 Å². The van der Waals surface area contributed by atoms with Crippen LogP contribution in [0.3, 0.4) is 0 Å². The maximum absolute atomic E-state index is 13.7. The van der Waals surface area contributed by atoms with Crippen LogP contribution in [0.1, 0.15) is 59.6 Å². The predicted molar refractivity (Wildman–Crippen MR) is 86.6 cm³/mol. The molecule has 1 aromatic rings. The first kappa shape index (κ1) is 16.5. The van der Waals surface area contributed by atoms with Crippen molar-refractivity contribution in [3.63, 3.8) is 0 Å². The number of aryl methyl sites for hydroxylation is 1. The predicted octanol–water partition coefficient (Wildman–Crippen LogP) is 5.71. The standard InChI is InChI=1S/C17H29OP/c1-8-14-11-9-10-12-15(14)13-19(18,16(2,3)4)17(5,6)7/h9-12H,8,13H2,1-7H3. The Kier molecular flexibility index (Phi) is 4.73. The Hall–Kier alpha value is -0.550. The van der Waals surface area contributed by atoms with Crippen molar-refractivity contribution >= 4 is 7.14 Å². The van der Waals surface area contributed by atoms with Gasteiger partial charge in [-0.05, 0) is 17.5 Å². The zero-order valence-corrected chi connectivity index (χ0v) is 14.5. The summed E-state index contributed by atoms with van der Waals surface area (Å²) in [5.74, 6) is 0. The van der Waals surface area contributed by atoms with E-state index in [4.69, 9.17) is 0 Å². The molecule has 0 heterocycles. The SMILES string of the molecule is CCc1ccccc1CP(=O)(C(C)(C)C)C(C)(C)C. The molecular weight excluding hydrogens is 251 g/mol. The van der Waals surface area contributed by atoms with Crippen LogP contribution in [0.4, 0.5) is 0 Å². The lowest BCUT2D eigenvalue weighted by atomic mass is 10.1. The van der Waals surface area contributed by atoms with Gasteiger partial charge in [-0.3, -0.25) is 0 Å². The summed E-state index contributed by atoms with van der Waals surface area (Å²) in [6.45, 7) is 14.9. The Balaban J connectivity index is 3.28. The lowest BCUT2D eigenvalue weighted by Crippen LogP contribution is -2.29. The number of rotatable bonds is 3. The molecule has 0 saturated carbocycles. The summed E-state index contributed by atoms with van der Waals surface area (Å²) in [5, 5.41) is -0.321. The third kappa shape index (κ3) is 3.31. The van der Waals surface area contributed by atoms with E-state index >= 15 is 0 Å². The fraction of sp³-hybridized carbons (Fsp3) is 0.647. The fourth-order valence-corrected chi connectivity index (χ4v) is 6.53. The molecule has 2 heteroatoms. The Labute approximate surface area is 119 Å². The van der Waals surface area contributed by atoms with Gasteiger partial charge >= 0.3 is 0 Å². The maximum atomic E-state index is 13.7. The molecule has 19 heavy (non-hydrogen) atoms. The number of hydrogen-bond acceptors (Lipinski definition) is 1. The first-order valence-corrected chi connectivity index (χ1v) is 9.08. The molecule has 1 rings (SSSR count). The fourth-order valence-electron chi connectivity index (χ4n) is 2.78. The van der Waals surface area contributed by atoms with Crippen LogP contribution in [0, 0.1) is 0 Å².